The van der Waals surface area contributed by atoms with Crippen LogP contribution >= 0.6 is 0 Å². The SMILES string of the molecule is CCN1CCCC1Cn1c(=O)[nH]c2cnc3[nH]ccc3c21. The lowest BCUT2D eigenvalue weighted by atomic mass is 10.2. The second kappa shape index (κ2) is 4.73. The van der Waals surface area contributed by atoms with Crippen molar-refractivity contribution in [3.8, 4) is 0 Å². The Morgan fingerprint density at radius 3 is 3.24 bits per heavy atom. The Kier molecular flexibility index (Phi) is 2.85. The molecule has 0 saturated carbocycles. The number of fused-ring (bicyclic) bond motifs is 3. The Morgan fingerprint density at radius 1 is 1.48 bits per heavy atom. The zero-order valence-electron chi connectivity index (χ0n) is 12.1. The van der Waals surface area contributed by atoms with Crippen LogP contribution in [0.5, 0.6) is 0 Å². The minimum atomic E-state index is -0.0385. The van der Waals surface area contributed by atoms with Gasteiger partial charge in [0, 0.05) is 24.2 Å². The first-order valence-electron chi connectivity index (χ1n) is 7.56. The summed E-state index contributed by atoms with van der Waals surface area (Å²) in [6.07, 6.45) is 5.98. The lowest BCUT2D eigenvalue weighted by Gasteiger charge is -2.23. The zero-order chi connectivity index (χ0) is 14.4. The van der Waals surface area contributed by atoms with E-state index < -0.39 is 0 Å². The molecule has 21 heavy (non-hydrogen) atoms. The van der Waals surface area contributed by atoms with Gasteiger partial charge in [0.2, 0.25) is 0 Å². The van der Waals surface area contributed by atoms with Crippen LogP contribution in [0.25, 0.3) is 22.1 Å². The summed E-state index contributed by atoms with van der Waals surface area (Å²) < 4.78 is 1.88. The molecule has 4 heterocycles. The molecule has 1 saturated heterocycles. The molecular weight excluding hydrogens is 266 g/mol. The highest BCUT2D eigenvalue weighted by atomic mass is 16.1. The molecule has 3 aromatic heterocycles. The molecular formula is C15H19N5O. The van der Waals surface area contributed by atoms with E-state index in [0.717, 1.165) is 48.1 Å². The number of hydrogen-bond acceptors (Lipinski definition) is 3. The molecule has 3 aromatic rings. The van der Waals surface area contributed by atoms with Crippen molar-refractivity contribution in [1.82, 2.24) is 24.4 Å². The summed E-state index contributed by atoms with van der Waals surface area (Å²) in [4.78, 5) is 25.2. The van der Waals surface area contributed by atoms with Gasteiger partial charge in [-0.25, -0.2) is 9.78 Å². The third kappa shape index (κ3) is 1.90. The molecule has 0 aliphatic carbocycles. The molecule has 1 aliphatic rings. The van der Waals surface area contributed by atoms with Crippen LogP contribution in [0.3, 0.4) is 0 Å². The van der Waals surface area contributed by atoms with Crippen molar-refractivity contribution in [3.05, 3.63) is 28.9 Å². The summed E-state index contributed by atoms with van der Waals surface area (Å²) in [5, 5.41) is 1.01. The van der Waals surface area contributed by atoms with Crippen molar-refractivity contribution in [2.24, 2.45) is 0 Å². The van der Waals surface area contributed by atoms with Gasteiger partial charge in [0.15, 0.2) is 0 Å². The minimum Gasteiger partial charge on any atom is -0.346 e. The third-order valence-electron chi connectivity index (χ3n) is 4.61. The van der Waals surface area contributed by atoms with Crippen LogP contribution in [0, 0.1) is 0 Å². The van der Waals surface area contributed by atoms with E-state index >= 15 is 0 Å². The average Bonchev–Trinajstić information content (AvgIpc) is 3.18. The van der Waals surface area contributed by atoms with Crippen LogP contribution in [0.2, 0.25) is 0 Å². The summed E-state index contributed by atoms with van der Waals surface area (Å²) in [6, 6.07) is 2.44. The molecule has 0 aromatic carbocycles. The van der Waals surface area contributed by atoms with Gasteiger partial charge in [-0.3, -0.25) is 9.47 Å². The fourth-order valence-corrected chi connectivity index (χ4v) is 3.56. The van der Waals surface area contributed by atoms with Crippen molar-refractivity contribution in [2.45, 2.75) is 32.4 Å². The standard InChI is InChI=1S/C15H19N5O/c1-2-19-7-3-4-10(19)9-20-13-11-5-6-16-14(11)17-8-12(13)18-15(20)21/h5-6,8,10H,2-4,7,9H2,1H3,(H,16,17)(H,18,21). The smallest absolute Gasteiger partial charge is 0.326 e. The van der Waals surface area contributed by atoms with E-state index in [-0.39, 0.29) is 5.69 Å². The number of imidazole rings is 1. The number of likely N-dealkylation sites (N-methyl/N-ethyl adjacent to an activating group) is 1. The van der Waals surface area contributed by atoms with Gasteiger partial charge in [0.05, 0.1) is 17.2 Å². The first-order chi connectivity index (χ1) is 10.3. The van der Waals surface area contributed by atoms with Crippen molar-refractivity contribution in [2.75, 3.05) is 13.1 Å². The highest BCUT2D eigenvalue weighted by Gasteiger charge is 2.25. The zero-order valence-corrected chi connectivity index (χ0v) is 12.1. The number of aromatic amines is 2. The van der Waals surface area contributed by atoms with E-state index in [1.165, 1.54) is 6.42 Å². The van der Waals surface area contributed by atoms with Crippen molar-refractivity contribution < 1.29 is 0 Å². The van der Waals surface area contributed by atoms with E-state index in [0.29, 0.717) is 6.04 Å². The number of H-pyrrole nitrogens is 2. The van der Waals surface area contributed by atoms with Crippen molar-refractivity contribution in [1.29, 1.82) is 0 Å². The molecule has 1 atom stereocenters. The number of nitrogens with one attached hydrogen (secondary N) is 2. The average molecular weight is 285 g/mol. The summed E-state index contributed by atoms with van der Waals surface area (Å²) in [6.45, 7) is 5.11. The quantitative estimate of drug-likeness (QED) is 0.769. The Morgan fingerprint density at radius 2 is 2.38 bits per heavy atom. The second-order valence-corrected chi connectivity index (χ2v) is 5.73. The highest BCUT2D eigenvalue weighted by molar-refractivity contribution is 6.00. The second-order valence-electron chi connectivity index (χ2n) is 5.73. The van der Waals surface area contributed by atoms with Gasteiger partial charge in [-0.1, -0.05) is 6.92 Å². The summed E-state index contributed by atoms with van der Waals surface area (Å²) >= 11 is 0. The predicted molar refractivity (Wildman–Crippen MR) is 82.5 cm³/mol. The van der Waals surface area contributed by atoms with Crippen LogP contribution in [0.4, 0.5) is 0 Å². The number of rotatable bonds is 3. The fourth-order valence-electron chi connectivity index (χ4n) is 3.56. The maximum atomic E-state index is 12.3. The van der Waals surface area contributed by atoms with Gasteiger partial charge in [-0.15, -0.1) is 0 Å². The largest absolute Gasteiger partial charge is 0.346 e. The first-order valence-corrected chi connectivity index (χ1v) is 7.56. The summed E-state index contributed by atoms with van der Waals surface area (Å²) in [7, 11) is 0. The molecule has 1 unspecified atom stereocenters. The normalized spacial score (nSPS) is 20.0. The Bertz CT molecular complexity index is 843. The van der Waals surface area contributed by atoms with Crippen molar-refractivity contribution in [3.63, 3.8) is 0 Å². The molecule has 4 rings (SSSR count). The predicted octanol–water partition coefficient (Wildman–Crippen LogP) is 1.69. The molecule has 110 valence electrons. The van der Waals surface area contributed by atoms with Crippen LogP contribution in [-0.4, -0.2) is 43.6 Å². The molecule has 6 nitrogen and oxygen atoms in total. The van der Waals surface area contributed by atoms with Gasteiger partial charge in [0.1, 0.15) is 5.65 Å². The van der Waals surface area contributed by atoms with Crippen LogP contribution < -0.4 is 5.69 Å². The lowest BCUT2D eigenvalue weighted by molar-refractivity contribution is 0.244. The minimum absolute atomic E-state index is 0.0385. The molecule has 1 fully saturated rings. The molecule has 6 heteroatoms. The number of likely N-dealkylation sites (tertiary alicyclic amines) is 1. The van der Waals surface area contributed by atoms with Gasteiger partial charge < -0.3 is 9.97 Å². The maximum absolute atomic E-state index is 12.3. The van der Waals surface area contributed by atoms with Crippen LogP contribution in [0.15, 0.2) is 23.3 Å². The van der Waals surface area contributed by atoms with Gasteiger partial charge in [-0.05, 0) is 32.0 Å². The molecule has 2 N–H and O–H groups in total. The molecule has 1 aliphatic heterocycles. The van der Waals surface area contributed by atoms with E-state index in [2.05, 4.69) is 26.8 Å². The molecule has 0 amide bonds. The topological polar surface area (TPSA) is 69.7 Å². The monoisotopic (exact) mass is 285 g/mol. The lowest BCUT2D eigenvalue weighted by Crippen LogP contribution is -2.35. The number of hydrogen-bond donors (Lipinski definition) is 2. The van der Waals surface area contributed by atoms with E-state index in [4.69, 9.17) is 0 Å². The summed E-state index contributed by atoms with van der Waals surface area (Å²) in [5.41, 5.74) is 2.57. The maximum Gasteiger partial charge on any atom is 0.326 e. The van der Waals surface area contributed by atoms with Gasteiger partial charge in [0.25, 0.3) is 0 Å². The molecule has 0 radical (unpaired) electrons. The fraction of sp³-hybridized carbons (Fsp3) is 0.467. The van der Waals surface area contributed by atoms with Crippen LogP contribution in [-0.2, 0) is 6.54 Å². The Balaban J connectivity index is 1.85. The highest BCUT2D eigenvalue weighted by Crippen LogP contribution is 2.23. The number of aromatic nitrogens is 4. The first kappa shape index (κ1) is 12.6. The third-order valence-corrected chi connectivity index (χ3v) is 4.61. The Hall–Kier alpha value is -2.08. The van der Waals surface area contributed by atoms with Crippen molar-refractivity contribution >= 4 is 22.1 Å². The Labute approximate surface area is 121 Å². The molecule has 0 bridgehead atoms. The van der Waals surface area contributed by atoms with Gasteiger partial charge in [-0.2, -0.15) is 0 Å². The number of nitrogens with zero attached hydrogens (tertiary/aromatic N) is 3. The van der Waals surface area contributed by atoms with E-state index in [1.54, 1.807) is 6.20 Å². The van der Waals surface area contributed by atoms with Crippen LogP contribution in [0.1, 0.15) is 19.8 Å². The van der Waals surface area contributed by atoms with E-state index in [1.807, 2.05) is 16.8 Å². The molecule has 0 spiro atoms. The van der Waals surface area contributed by atoms with Gasteiger partial charge >= 0.3 is 5.69 Å². The summed E-state index contributed by atoms with van der Waals surface area (Å²) in [5.74, 6) is 0. The number of pyridine rings is 1. The van der Waals surface area contributed by atoms with E-state index in [9.17, 15) is 4.79 Å².